The van der Waals surface area contributed by atoms with Crippen LogP contribution < -0.4 is 11.1 Å². The van der Waals surface area contributed by atoms with E-state index >= 15 is 0 Å². The molecular weight excluding hydrogens is 212 g/mol. The lowest BCUT2D eigenvalue weighted by Gasteiger charge is -2.16. The Morgan fingerprint density at radius 2 is 2.00 bits per heavy atom. The van der Waals surface area contributed by atoms with E-state index in [2.05, 4.69) is 17.4 Å². The van der Waals surface area contributed by atoms with Gasteiger partial charge in [-0.05, 0) is 31.7 Å². The molecule has 0 aliphatic carbocycles. The second kappa shape index (κ2) is 7.07. The normalized spacial score (nSPS) is 14.1. The molecule has 1 amide bonds. The molecule has 3 nitrogen and oxygen atoms in total. The highest BCUT2D eigenvalue weighted by Crippen LogP contribution is 2.04. The van der Waals surface area contributed by atoms with Gasteiger partial charge in [-0.25, -0.2) is 0 Å². The molecule has 0 fully saturated rings. The molecule has 2 unspecified atom stereocenters. The van der Waals surface area contributed by atoms with Crippen molar-refractivity contribution in [2.75, 3.05) is 0 Å². The lowest BCUT2D eigenvalue weighted by Crippen LogP contribution is -2.44. The van der Waals surface area contributed by atoms with Crippen LogP contribution in [0.5, 0.6) is 0 Å². The Hall–Kier alpha value is -1.35. The van der Waals surface area contributed by atoms with Crippen molar-refractivity contribution in [2.45, 2.75) is 45.2 Å². The lowest BCUT2D eigenvalue weighted by molar-refractivity contribution is -0.123. The third-order valence-electron chi connectivity index (χ3n) is 2.87. The number of nitrogens with two attached hydrogens (primary N) is 1. The summed E-state index contributed by atoms with van der Waals surface area (Å²) in [4.78, 5) is 11.6. The molecule has 0 radical (unpaired) electrons. The first-order chi connectivity index (χ1) is 8.13. The molecule has 3 N–H and O–H groups in total. The fourth-order valence-electron chi connectivity index (χ4n) is 1.64. The minimum absolute atomic E-state index is 0.0481. The molecule has 0 saturated carbocycles. The van der Waals surface area contributed by atoms with Gasteiger partial charge >= 0.3 is 0 Å². The van der Waals surface area contributed by atoms with E-state index in [4.69, 9.17) is 5.73 Å². The molecule has 1 aromatic carbocycles. The first kappa shape index (κ1) is 13.7. The van der Waals surface area contributed by atoms with Crippen LogP contribution in [-0.2, 0) is 11.2 Å². The van der Waals surface area contributed by atoms with Crippen molar-refractivity contribution in [3.63, 3.8) is 0 Å². The van der Waals surface area contributed by atoms with Crippen LogP contribution in [0.2, 0.25) is 0 Å². The molecule has 0 bridgehead atoms. The molecule has 17 heavy (non-hydrogen) atoms. The smallest absolute Gasteiger partial charge is 0.237 e. The van der Waals surface area contributed by atoms with Gasteiger partial charge in [-0.15, -0.1) is 0 Å². The van der Waals surface area contributed by atoms with Gasteiger partial charge in [0, 0.05) is 6.04 Å². The fourth-order valence-corrected chi connectivity index (χ4v) is 1.64. The molecule has 94 valence electrons. The molecule has 0 aromatic heterocycles. The summed E-state index contributed by atoms with van der Waals surface area (Å²) in [5, 5.41) is 2.94. The summed E-state index contributed by atoms with van der Waals surface area (Å²) in [6, 6.07) is 10.1. The summed E-state index contributed by atoms with van der Waals surface area (Å²) in [6.07, 6.45) is 2.59. The Morgan fingerprint density at radius 1 is 1.35 bits per heavy atom. The summed E-state index contributed by atoms with van der Waals surface area (Å²) in [6.45, 7) is 3.93. The van der Waals surface area contributed by atoms with Gasteiger partial charge in [-0.2, -0.15) is 0 Å². The van der Waals surface area contributed by atoms with Gasteiger partial charge in [0.2, 0.25) is 5.91 Å². The molecule has 0 aliphatic rings. The zero-order valence-electron chi connectivity index (χ0n) is 10.6. The Bertz CT molecular complexity index is 337. The molecule has 1 rings (SSSR count). The van der Waals surface area contributed by atoms with Gasteiger partial charge in [-0.3, -0.25) is 4.79 Å². The van der Waals surface area contributed by atoms with Crippen molar-refractivity contribution in [3.05, 3.63) is 35.9 Å². The number of hydrogen-bond acceptors (Lipinski definition) is 2. The standard InChI is InChI=1S/C14H22N2O/c1-3-13(15)14(17)16-11(2)9-10-12-7-5-4-6-8-12/h4-8,11,13H,3,9-10,15H2,1-2H3,(H,16,17). The number of hydrogen-bond donors (Lipinski definition) is 2. The molecule has 0 heterocycles. The Morgan fingerprint density at radius 3 is 2.59 bits per heavy atom. The van der Waals surface area contributed by atoms with Crippen molar-refractivity contribution in [1.29, 1.82) is 0 Å². The van der Waals surface area contributed by atoms with Crippen molar-refractivity contribution < 1.29 is 4.79 Å². The van der Waals surface area contributed by atoms with Crippen molar-refractivity contribution in [3.8, 4) is 0 Å². The molecule has 0 saturated heterocycles. The summed E-state index contributed by atoms with van der Waals surface area (Å²) >= 11 is 0. The Kier molecular flexibility index (Phi) is 5.70. The first-order valence-electron chi connectivity index (χ1n) is 6.23. The minimum atomic E-state index is -0.380. The maximum atomic E-state index is 11.6. The van der Waals surface area contributed by atoms with Crippen LogP contribution in [-0.4, -0.2) is 18.0 Å². The number of rotatable bonds is 6. The lowest BCUT2D eigenvalue weighted by atomic mass is 10.1. The van der Waals surface area contributed by atoms with Crippen LogP contribution in [0.25, 0.3) is 0 Å². The van der Waals surface area contributed by atoms with E-state index in [0.717, 1.165) is 12.8 Å². The third kappa shape index (κ3) is 5.00. The fraction of sp³-hybridized carbons (Fsp3) is 0.500. The van der Waals surface area contributed by atoms with Crippen LogP contribution >= 0.6 is 0 Å². The number of amides is 1. The number of nitrogens with one attached hydrogen (secondary N) is 1. The average molecular weight is 234 g/mol. The number of carbonyl (C=O) groups is 1. The molecule has 2 atom stereocenters. The summed E-state index contributed by atoms with van der Waals surface area (Å²) in [7, 11) is 0. The van der Waals surface area contributed by atoms with Crippen LogP contribution in [0, 0.1) is 0 Å². The number of benzene rings is 1. The van der Waals surface area contributed by atoms with Gasteiger partial charge in [0.25, 0.3) is 0 Å². The van der Waals surface area contributed by atoms with E-state index in [1.54, 1.807) is 0 Å². The van der Waals surface area contributed by atoms with E-state index in [9.17, 15) is 4.79 Å². The second-order valence-corrected chi connectivity index (χ2v) is 4.45. The largest absolute Gasteiger partial charge is 0.352 e. The van der Waals surface area contributed by atoms with Gasteiger partial charge in [0.15, 0.2) is 0 Å². The van der Waals surface area contributed by atoms with Gasteiger partial charge in [-0.1, -0.05) is 37.3 Å². The highest BCUT2D eigenvalue weighted by Gasteiger charge is 2.13. The van der Waals surface area contributed by atoms with Crippen molar-refractivity contribution >= 4 is 5.91 Å². The van der Waals surface area contributed by atoms with E-state index in [1.807, 2.05) is 32.0 Å². The SMILES string of the molecule is CCC(N)C(=O)NC(C)CCc1ccccc1. The zero-order chi connectivity index (χ0) is 12.7. The van der Waals surface area contributed by atoms with Crippen LogP contribution in [0.3, 0.4) is 0 Å². The molecule has 0 spiro atoms. The number of carbonyl (C=O) groups excluding carboxylic acids is 1. The van der Waals surface area contributed by atoms with Crippen molar-refractivity contribution in [1.82, 2.24) is 5.32 Å². The second-order valence-electron chi connectivity index (χ2n) is 4.45. The van der Waals surface area contributed by atoms with E-state index < -0.39 is 0 Å². The van der Waals surface area contributed by atoms with Crippen LogP contribution in [0.1, 0.15) is 32.3 Å². The zero-order valence-corrected chi connectivity index (χ0v) is 10.6. The maximum Gasteiger partial charge on any atom is 0.237 e. The number of aryl methyl sites for hydroxylation is 1. The predicted molar refractivity (Wildman–Crippen MR) is 70.6 cm³/mol. The molecular formula is C14H22N2O. The van der Waals surface area contributed by atoms with Crippen molar-refractivity contribution in [2.24, 2.45) is 5.73 Å². The van der Waals surface area contributed by atoms with Gasteiger partial charge in [0.1, 0.15) is 0 Å². The topological polar surface area (TPSA) is 55.1 Å². The van der Waals surface area contributed by atoms with Crippen LogP contribution in [0.4, 0.5) is 0 Å². The third-order valence-corrected chi connectivity index (χ3v) is 2.87. The monoisotopic (exact) mass is 234 g/mol. The maximum absolute atomic E-state index is 11.6. The van der Waals surface area contributed by atoms with E-state index in [1.165, 1.54) is 5.56 Å². The highest BCUT2D eigenvalue weighted by molar-refractivity contribution is 5.81. The molecule has 0 aliphatic heterocycles. The predicted octanol–water partition coefficient (Wildman–Crippen LogP) is 1.86. The molecule has 1 aromatic rings. The van der Waals surface area contributed by atoms with Gasteiger partial charge in [0.05, 0.1) is 6.04 Å². The van der Waals surface area contributed by atoms with E-state index in [-0.39, 0.29) is 18.0 Å². The summed E-state index contributed by atoms with van der Waals surface area (Å²) in [5.41, 5.74) is 6.96. The summed E-state index contributed by atoms with van der Waals surface area (Å²) < 4.78 is 0. The average Bonchev–Trinajstić information content (AvgIpc) is 2.36. The summed E-state index contributed by atoms with van der Waals surface area (Å²) in [5.74, 6) is -0.0481. The first-order valence-corrected chi connectivity index (χ1v) is 6.23. The minimum Gasteiger partial charge on any atom is -0.352 e. The van der Waals surface area contributed by atoms with Gasteiger partial charge < -0.3 is 11.1 Å². The molecule has 3 heteroatoms. The van der Waals surface area contributed by atoms with E-state index in [0.29, 0.717) is 6.42 Å². The van der Waals surface area contributed by atoms with Crippen LogP contribution in [0.15, 0.2) is 30.3 Å². The Labute approximate surface area is 103 Å². The highest BCUT2D eigenvalue weighted by atomic mass is 16.2. The Balaban J connectivity index is 2.30. The quantitative estimate of drug-likeness (QED) is 0.789.